The quantitative estimate of drug-likeness (QED) is 0.350. The summed E-state index contributed by atoms with van der Waals surface area (Å²) in [6.45, 7) is 0. The van der Waals surface area contributed by atoms with E-state index < -0.39 is 0 Å². The van der Waals surface area contributed by atoms with Crippen LogP contribution < -0.4 is 0 Å². The van der Waals surface area contributed by atoms with E-state index in [2.05, 4.69) is 11.8 Å². The Balaban J connectivity index is 2.34. The molecule has 0 atom stereocenters. The summed E-state index contributed by atoms with van der Waals surface area (Å²) >= 11 is 0. The molecular formula is C8H10O. The van der Waals surface area contributed by atoms with E-state index in [0.29, 0.717) is 12.2 Å². The maximum atomic E-state index is 9.79. The molecular weight excluding hydrogens is 112 g/mol. The average Bonchev–Trinajstić information content (AvgIpc) is 2.34. The van der Waals surface area contributed by atoms with E-state index in [-0.39, 0.29) is 0 Å². The minimum atomic E-state index is 0.523. The minimum absolute atomic E-state index is 0.523. The van der Waals surface area contributed by atoms with E-state index in [9.17, 15) is 4.79 Å². The molecule has 0 N–H and O–H groups in total. The molecule has 1 saturated carbocycles. The zero-order valence-corrected chi connectivity index (χ0v) is 5.39. The van der Waals surface area contributed by atoms with Gasteiger partial charge in [0.15, 0.2) is 6.29 Å². The first-order valence-electron chi connectivity index (χ1n) is 3.38. The van der Waals surface area contributed by atoms with E-state index >= 15 is 0 Å². The Morgan fingerprint density at radius 3 is 2.56 bits per heavy atom. The standard InChI is InChI=1S/C8H10O/c9-7-3-6-8-4-1-2-5-8/h7-8H,1-2,4-5H2. The van der Waals surface area contributed by atoms with E-state index in [4.69, 9.17) is 0 Å². The smallest absolute Gasteiger partial charge is 0.192 e. The predicted molar refractivity (Wildman–Crippen MR) is 35.8 cm³/mol. The maximum absolute atomic E-state index is 9.79. The average molecular weight is 122 g/mol. The summed E-state index contributed by atoms with van der Waals surface area (Å²) in [7, 11) is 0. The van der Waals surface area contributed by atoms with Crippen LogP contribution in [0.2, 0.25) is 0 Å². The van der Waals surface area contributed by atoms with Gasteiger partial charge >= 0.3 is 0 Å². The van der Waals surface area contributed by atoms with Gasteiger partial charge in [-0.05, 0) is 18.8 Å². The Morgan fingerprint density at radius 2 is 2.00 bits per heavy atom. The van der Waals surface area contributed by atoms with Crippen molar-refractivity contribution in [2.24, 2.45) is 5.92 Å². The zero-order chi connectivity index (χ0) is 6.53. The summed E-state index contributed by atoms with van der Waals surface area (Å²) in [6.07, 6.45) is 5.65. The Labute approximate surface area is 55.4 Å². The van der Waals surface area contributed by atoms with Crippen LogP contribution in [0.4, 0.5) is 0 Å². The molecule has 1 nitrogen and oxygen atoms in total. The van der Waals surface area contributed by atoms with Crippen LogP contribution in [0.1, 0.15) is 25.7 Å². The fourth-order valence-corrected chi connectivity index (χ4v) is 1.22. The molecule has 0 bridgehead atoms. The molecule has 0 aromatic rings. The number of rotatable bonds is 0. The van der Waals surface area contributed by atoms with Crippen molar-refractivity contribution in [1.82, 2.24) is 0 Å². The molecule has 0 saturated heterocycles. The van der Waals surface area contributed by atoms with Gasteiger partial charge in [-0.15, -0.1) is 0 Å². The molecule has 0 heterocycles. The highest BCUT2D eigenvalue weighted by Gasteiger charge is 2.10. The van der Waals surface area contributed by atoms with Gasteiger partial charge in [0.25, 0.3) is 0 Å². The van der Waals surface area contributed by atoms with Crippen LogP contribution in [0.3, 0.4) is 0 Å². The number of aldehydes is 1. The Bertz CT molecular complexity index is 144. The van der Waals surface area contributed by atoms with Gasteiger partial charge in [-0.2, -0.15) is 0 Å². The van der Waals surface area contributed by atoms with Crippen LogP contribution in [0.5, 0.6) is 0 Å². The summed E-state index contributed by atoms with van der Waals surface area (Å²) in [6, 6.07) is 0. The van der Waals surface area contributed by atoms with Gasteiger partial charge in [-0.1, -0.05) is 18.8 Å². The van der Waals surface area contributed by atoms with Gasteiger partial charge in [0, 0.05) is 5.92 Å². The van der Waals surface area contributed by atoms with E-state index in [1.165, 1.54) is 25.7 Å². The molecule has 1 aliphatic carbocycles. The molecule has 1 aliphatic rings. The van der Waals surface area contributed by atoms with Crippen molar-refractivity contribution < 1.29 is 4.79 Å². The zero-order valence-electron chi connectivity index (χ0n) is 5.39. The second-order valence-corrected chi connectivity index (χ2v) is 2.39. The highest BCUT2D eigenvalue weighted by molar-refractivity contribution is 5.72. The summed E-state index contributed by atoms with van der Waals surface area (Å²) < 4.78 is 0. The van der Waals surface area contributed by atoms with Gasteiger partial charge in [0.1, 0.15) is 0 Å². The lowest BCUT2D eigenvalue weighted by atomic mass is 10.1. The molecule has 0 aliphatic heterocycles. The molecule has 0 aromatic carbocycles. The fourth-order valence-electron chi connectivity index (χ4n) is 1.22. The first kappa shape index (κ1) is 6.35. The monoisotopic (exact) mass is 122 g/mol. The highest BCUT2D eigenvalue weighted by Crippen LogP contribution is 2.23. The lowest BCUT2D eigenvalue weighted by molar-refractivity contribution is -0.103. The third-order valence-corrected chi connectivity index (χ3v) is 1.70. The number of carbonyl (C=O) groups is 1. The van der Waals surface area contributed by atoms with Crippen LogP contribution in [0.25, 0.3) is 0 Å². The first-order valence-corrected chi connectivity index (χ1v) is 3.38. The van der Waals surface area contributed by atoms with Crippen molar-refractivity contribution in [3.05, 3.63) is 0 Å². The Hall–Kier alpha value is -0.770. The van der Waals surface area contributed by atoms with Crippen molar-refractivity contribution in [2.45, 2.75) is 25.7 Å². The van der Waals surface area contributed by atoms with Crippen LogP contribution in [-0.4, -0.2) is 6.29 Å². The molecule has 0 spiro atoms. The van der Waals surface area contributed by atoms with Crippen LogP contribution in [0, 0.1) is 17.8 Å². The number of hydrogen-bond donors (Lipinski definition) is 0. The van der Waals surface area contributed by atoms with E-state index in [1.807, 2.05) is 0 Å². The molecule has 0 unspecified atom stereocenters. The second-order valence-electron chi connectivity index (χ2n) is 2.39. The minimum Gasteiger partial charge on any atom is -0.289 e. The van der Waals surface area contributed by atoms with Gasteiger partial charge in [-0.25, -0.2) is 0 Å². The molecule has 1 fully saturated rings. The number of carbonyl (C=O) groups excluding carboxylic acids is 1. The third-order valence-electron chi connectivity index (χ3n) is 1.70. The summed E-state index contributed by atoms with van der Waals surface area (Å²) in [4.78, 5) is 9.79. The lowest BCUT2D eigenvalue weighted by Gasteiger charge is -1.92. The van der Waals surface area contributed by atoms with Crippen molar-refractivity contribution in [3.8, 4) is 11.8 Å². The van der Waals surface area contributed by atoms with Gasteiger partial charge in [-0.3, -0.25) is 4.79 Å². The molecule has 0 aromatic heterocycles. The van der Waals surface area contributed by atoms with E-state index in [1.54, 1.807) is 0 Å². The van der Waals surface area contributed by atoms with Gasteiger partial charge in [0.05, 0.1) is 0 Å². The molecule has 1 rings (SSSR count). The molecule has 1 heteroatoms. The normalized spacial score (nSPS) is 18.7. The predicted octanol–water partition coefficient (Wildman–Crippen LogP) is 1.38. The molecule has 9 heavy (non-hydrogen) atoms. The summed E-state index contributed by atoms with van der Waals surface area (Å²) in [5.74, 6) is 5.90. The largest absolute Gasteiger partial charge is 0.289 e. The Kier molecular flexibility index (Phi) is 2.32. The Morgan fingerprint density at radius 1 is 1.33 bits per heavy atom. The molecule has 0 amide bonds. The number of hydrogen-bond acceptors (Lipinski definition) is 1. The van der Waals surface area contributed by atoms with Crippen molar-refractivity contribution >= 4 is 6.29 Å². The summed E-state index contributed by atoms with van der Waals surface area (Å²) in [5, 5.41) is 0. The third kappa shape index (κ3) is 1.89. The summed E-state index contributed by atoms with van der Waals surface area (Å²) in [5.41, 5.74) is 0. The molecule has 48 valence electrons. The van der Waals surface area contributed by atoms with E-state index in [0.717, 1.165) is 0 Å². The fraction of sp³-hybridized carbons (Fsp3) is 0.625. The van der Waals surface area contributed by atoms with Crippen LogP contribution in [-0.2, 0) is 4.79 Å². The van der Waals surface area contributed by atoms with Crippen LogP contribution >= 0.6 is 0 Å². The van der Waals surface area contributed by atoms with Crippen LogP contribution in [0.15, 0.2) is 0 Å². The first-order chi connectivity index (χ1) is 4.43. The topological polar surface area (TPSA) is 17.1 Å². The molecule has 0 radical (unpaired) electrons. The van der Waals surface area contributed by atoms with Crippen molar-refractivity contribution in [3.63, 3.8) is 0 Å². The SMILES string of the molecule is O=CC#CC1CCCC1. The highest BCUT2D eigenvalue weighted by atomic mass is 16.1. The van der Waals surface area contributed by atoms with Gasteiger partial charge in [0.2, 0.25) is 0 Å². The maximum Gasteiger partial charge on any atom is 0.192 e. The van der Waals surface area contributed by atoms with Crippen molar-refractivity contribution in [2.75, 3.05) is 0 Å². The van der Waals surface area contributed by atoms with Crippen molar-refractivity contribution in [1.29, 1.82) is 0 Å². The second kappa shape index (κ2) is 3.29. The van der Waals surface area contributed by atoms with Gasteiger partial charge < -0.3 is 0 Å². The lowest BCUT2D eigenvalue weighted by Crippen LogP contribution is -1.85.